The van der Waals surface area contributed by atoms with Crippen molar-refractivity contribution in [1.29, 1.82) is 0 Å². The summed E-state index contributed by atoms with van der Waals surface area (Å²) in [6, 6.07) is 4.10. The fraction of sp³-hybridized carbons (Fsp3) is 0.517. The maximum Gasteiger partial charge on any atom is 0.435 e. The number of hydrogen-bond acceptors (Lipinski definition) is 4. The number of nitrogens with zero attached hydrogens (tertiary/aromatic N) is 1. The number of aliphatic carboxylic acids is 1. The molecule has 15 heteroatoms. The van der Waals surface area contributed by atoms with E-state index in [2.05, 4.69) is 0 Å². The molecule has 3 aliphatic carbocycles. The van der Waals surface area contributed by atoms with Gasteiger partial charge in [0.25, 0.3) is 0 Å². The Morgan fingerprint density at radius 3 is 2.05 bits per heavy atom. The van der Waals surface area contributed by atoms with Crippen LogP contribution in [0.3, 0.4) is 0 Å². The molecular weight excluding hydrogens is 626 g/mol. The molecule has 6 nitrogen and oxygen atoms in total. The summed E-state index contributed by atoms with van der Waals surface area (Å²) in [7, 11) is -4.58. The molecule has 1 amide bonds. The lowest BCUT2D eigenvalue weighted by Gasteiger charge is -2.43. The molecule has 0 unspecified atom stereocenters. The molecule has 0 radical (unpaired) electrons. The van der Waals surface area contributed by atoms with Crippen LogP contribution in [0.25, 0.3) is 0 Å². The van der Waals surface area contributed by atoms with Crippen LogP contribution in [-0.4, -0.2) is 55.2 Å². The molecule has 1 aliphatic heterocycles. The van der Waals surface area contributed by atoms with Crippen molar-refractivity contribution in [2.45, 2.75) is 65.8 Å². The van der Waals surface area contributed by atoms with Gasteiger partial charge >= 0.3 is 24.0 Å². The Bertz CT molecular complexity index is 1610. The minimum absolute atomic E-state index is 0.114. The highest BCUT2D eigenvalue weighted by molar-refractivity contribution is 7.92. The van der Waals surface area contributed by atoms with Crippen molar-refractivity contribution in [3.63, 3.8) is 0 Å². The second kappa shape index (κ2) is 9.63. The molecule has 2 aromatic carbocycles. The van der Waals surface area contributed by atoms with E-state index in [1.54, 1.807) is 0 Å². The predicted octanol–water partition coefficient (Wildman–Crippen LogP) is 5.69. The second-order valence-corrected chi connectivity index (χ2v) is 14.3. The number of rotatable bonds is 5. The first-order valence-corrected chi connectivity index (χ1v) is 15.3. The fourth-order valence-electron chi connectivity index (χ4n) is 7.96. The highest BCUT2D eigenvalue weighted by atomic mass is 32.2. The SMILES string of the molecule is O=C(O)[C@H]1[C@@H]2C[C@@H](C(=O)N3CC[C@@]4(S(=O)(=O)c5ccc(F)cc5)c5ccc(C(F)(C(F)(F)F)C(F)(F)F)cc5CC[C@@H]34)C[C@@H]21. The Hall–Kier alpha value is -3.23. The summed E-state index contributed by atoms with van der Waals surface area (Å²) in [4.78, 5) is 26.1. The molecule has 6 atom stereocenters. The molecule has 0 bridgehead atoms. The van der Waals surface area contributed by atoms with E-state index in [0.717, 1.165) is 30.3 Å². The third kappa shape index (κ3) is 4.13. The predicted molar refractivity (Wildman–Crippen MR) is 136 cm³/mol. The van der Waals surface area contributed by atoms with Gasteiger partial charge in [0.05, 0.1) is 16.9 Å². The summed E-state index contributed by atoms with van der Waals surface area (Å²) in [6.45, 7) is -0.114. The zero-order valence-electron chi connectivity index (χ0n) is 22.6. The lowest BCUT2D eigenvalue weighted by molar-refractivity contribution is -0.348. The molecule has 238 valence electrons. The van der Waals surface area contributed by atoms with Gasteiger partial charge in [-0.2, -0.15) is 26.3 Å². The van der Waals surface area contributed by atoms with Crippen molar-refractivity contribution < 1.29 is 58.2 Å². The molecule has 1 saturated heterocycles. The highest BCUT2D eigenvalue weighted by Gasteiger charge is 2.74. The van der Waals surface area contributed by atoms with Gasteiger partial charge in [-0.3, -0.25) is 9.59 Å². The number of benzene rings is 2. The topological polar surface area (TPSA) is 91.8 Å². The Morgan fingerprint density at radius 2 is 1.50 bits per heavy atom. The number of amides is 1. The molecule has 6 rings (SSSR count). The first kappa shape index (κ1) is 30.8. The summed E-state index contributed by atoms with van der Waals surface area (Å²) in [6.07, 6.45) is -12.8. The van der Waals surface area contributed by atoms with Gasteiger partial charge in [0, 0.05) is 18.0 Å². The number of aryl methyl sites for hydroxylation is 1. The molecule has 3 fully saturated rings. The van der Waals surface area contributed by atoms with Crippen LogP contribution in [-0.2, 0) is 36.3 Å². The van der Waals surface area contributed by atoms with Crippen LogP contribution in [0.15, 0.2) is 47.4 Å². The highest BCUT2D eigenvalue weighted by Crippen LogP contribution is 2.61. The lowest BCUT2D eigenvalue weighted by Crippen LogP contribution is -2.53. The number of halogens is 8. The minimum atomic E-state index is -6.37. The maximum absolute atomic E-state index is 15.0. The van der Waals surface area contributed by atoms with Gasteiger partial charge in [0.15, 0.2) is 9.84 Å². The fourth-order valence-corrected chi connectivity index (χ4v) is 10.3. The van der Waals surface area contributed by atoms with Gasteiger partial charge < -0.3 is 10.0 Å². The number of carbonyl (C=O) groups is 2. The summed E-state index contributed by atoms with van der Waals surface area (Å²) >= 11 is 0. The van der Waals surface area contributed by atoms with Crippen LogP contribution in [0.5, 0.6) is 0 Å². The molecule has 1 heterocycles. The molecule has 44 heavy (non-hydrogen) atoms. The van der Waals surface area contributed by atoms with Gasteiger partial charge in [0.1, 0.15) is 10.6 Å². The molecule has 4 aliphatic rings. The molecule has 1 N–H and O–H groups in total. The van der Waals surface area contributed by atoms with Crippen molar-refractivity contribution in [3.05, 3.63) is 65.0 Å². The van der Waals surface area contributed by atoms with E-state index >= 15 is 0 Å². The number of carboxylic acids is 1. The van der Waals surface area contributed by atoms with Crippen molar-refractivity contribution in [2.75, 3.05) is 6.54 Å². The molecule has 2 saturated carbocycles. The van der Waals surface area contributed by atoms with Crippen LogP contribution in [0, 0.1) is 29.5 Å². The molecule has 0 aromatic heterocycles. The van der Waals surface area contributed by atoms with Gasteiger partial charge in [0.2, 0.25) is 5.91 Å². The van der Waals surface area contributed by atoms with Gasteiger partial charge in [-0.1, -0.05) is 18.2 Å². The van der Waals surface area contributed by atoms with Crippen LogP contribution >= 0.6 is 0 Å². The Kier molecular flexibility index (Phi) is 6.74. The zero-order chi connectivity index (χ0) is 32.2. The van der Waals surface area contributed by atoms with Crippen LogP contribution < -0.4 is 0 Å². The van der Waals surface area contributed by atoms with Gasteiger partial charge in [-0.05, 0) is 79.3 Å². The smallest absolute Gasteiger partial charge is 0.435 e. The number of alkyl halides is 7. The lowest BCUT2D eigenvalue weighted by atomic mass is 9.76. The standard InChI is InChI=1S/C29H25F8NO5S/c30-17-3-5-18(6-4-17)44(42,43)26-9-10-38(24(39)15-12-19-20(13-15)23(19)25(40)41)22(26)8-1-14-11-16(2-7-21(14)26)27(31,28(32,33)34)29(35,36)37/h2-7,11,15,19-20,22-23H,1,8-10,12-13H2,(H,40,41)/t15-,19-,20+,22-,23+,26-/m1/s1. The molecule has 0 spiro atoms. The number of hydrogen-bond donors (Lipinski definition) is 1. The van der Waals surface area contributed by atoms with Gasteiger partial charge in [-0.25, -0.2) is 17.2 Å². The summed E-state index contributed by atoms with van der Waals surface area (Å²) < 4.78 is 137. The van der Waals surface area contributed by atoms with Crippen LogP contribution in [0.4, 0.5) is 35.1 Å². The largest absolute Gasteiger partial charge is 0.481 e. The van der Waals surface area contributed by atoms with Crippen LogP contribution in [0.2, 0.25) is 0 Å². The van der Waals surface area contributed by atoms with E-state index in [0.29, 0.717) is 18.9 Å². The van der Waals surface area contributed by atoms with Crippen molar-refractivity contribution >= 4 is 21.7 Å². The quantitative estimate of drug-likeness (QED) is 0.332. The maximum atomic E-state index is 15.0. The van der Waals surface area contributed by atoms with E-state index < -0.39 is 73.7 Å². The Morgan fingerprint density at radius 1 is 0.909 bits per heavy atom. The van der Waals surface area contributed by atoms with E-state index in [-0.39, 0.29) is 59.7 Å². The number of carboxylic acid groups (broad SMARTS) is 1. The van der Waals surface area contributed by atoms with Gasteiger partial charge in [-0.15, -0.1) is 0 Å². The first-order valence-electron chi connectivity index (χ1n) is 13.9. The van der Waals surface area contributed by atoms with Crippen molar-refractivity contribution in [1.82, 2.24) is 4.90 Å². The van der Waals surface area contributed by atoms with E-state index in [9.17, 15) is 58.2 Å². The summed E-state index contributed by atoms with van der Waals surface area (Å²) in [5.74, 6) is -3.57. The third-order valence-corrected chi connectivity index (χ3v) is 12.6. The summed E-state index contributed by atoms with van der Waals surface area (Å²) in [5.41, 5.74) is -7.85. The zero-order valence-corrected chi connectivity index (χ0v) is 23.4. The Balaban J connectivity index is 1.44. The summed E-state index contributed by atoms with van der Waals surface area (Å²) in [5, 5.41) is 9.32. The van der Waals surface area contributed by atoms with E-state index in [1.807, 2.05) is 0 Å². The van der Waals surface area contributed by atoms with E-state index in [4.69, 9.17) is 0 Å². The molecular formula is C29H25F8NO5S. The van der Waals surface area contributed by atoms with E-state index in [1.165, 1.54) is 4.90 Å². The Labute approximate surface area is 245 Å². The number of sulfone groups is 1. The third-order valence-electron chi connectivity index (χ3n) is 10.0. The number of fused-ring (bicyclic) bond motifs is 4. The van der Waals surface area contributed by atoms with Crippen molar-refractivity contribution in [2.24, 2.45) is 23.7 Å². The minimum Gasteiger partial charge on any atom is -0.481 e. The normalized spacial score (nSPS) is 30.0. The monoisotopic (exact) mass is 651 g/mol. The number of likely N-dealkylation sites (tertiary alicyclic amines) is 1. The molecule has 2 aromatic rings. The second-order valence-electron chi connectivity index (χ2n) is 12.1. The first-order chi connectivity index (χ1) is 20.4. The number of carbonyl (C=O) groups excluding carboxylic acids is 1. The van der Waals surface area contributed by atoms with Crippen molar-refractivity contribution in [3.8, 4) is 0 Å². The van der Waals surface area contributed by atoms with Crippen LogP contribution in [0.1, 0.15) is 42.4 Å². The average molecular weight is 652 g/mol. The average Bonchev–Trinajstić information content (AvgIpc) is 3.25.